The van der Waals surface area contributed by atoms with Crippen LogP contribution in [0.4, 0.5) is 0 Å². The number of rotatable bonds is 4. The first-order valence-electron chi connectivity index (χ1n) is 16.3. The van der Waals surface area contributed by atoms with E-state index in [1.54, 1.807) is 0 Å². The summed E-state index contributed by atoms with van der Waals surface area (Å²) in [7, 11) is -2.23. The minimum atomic E-state index is -2.23. The molecule has 3 heteroatoms. The summed E-state index contributed by atoms with van der Waals surface area (Å²) < 4.78 is 0. The molecule has 47 heavy (non-hydrogen) atoms. The van der Waals surface area contributed by atoms with Crippen molar-refractivity contribution in [1.29, 1.82) is 0 Å². The molecule has 0 saturated carbocycles. The molecular formula is C44H32N2Si. The quantitative estimate of drug-likeness (QED) is 0.184. The Morgan fingerprint density at radius 1 is 0.383 bits per heavy atom. The Balaban J connectivity index is 1.29. The van der Waals surface area contributed by atoms with E-state index in [-0.39, 0.29) is 0 Å². The number of aromatic nitrogens is 2. The smallest absolute Gasteiger partial charge is 0.161 e. The maximum absolute atomic E-state index is 5.52. The van der Waals surface area contributed by atoms with Gasteiger partial charge in [0.2, 0.25) is 0 Å². The van der Waals surface area contributed by atoms with Gasteiger partial charge < -0.3 is 0 Å². The van der Waals surface area contributed by atoms with Crippen molar-refractivity contribution in [2.24, 2.45) is 0 Å². The van der Waals surface area contributed by atoms with Crippen LogP contribution in [0.2, 0.25) is 13.1 Å². The SMILES string of the molecule is C[Si]1(C)c2c(-c3cccc(-c4cccc(-c5ccccc5)c4)c3)nc(-c3cccc4ccccc34)nc2-c2ccc3ccccc3c21. The molecule has 222 valence electrons. The van der Waals surface area contributed by atoms with E-state index in [9.17, 15) is 0 Å². The summed E-state index contributed by atoms with van der Waals surface area (Å²) in [5.74, 6) is 0.776. The van der Waals surface area contributed by atoms with Crippen LogP contribution >= 0.6 is 0 Å². The van der Waals surface area contributed by atoms with Gasteiger partial charge in [-0.15, -0.1) is 0 Å². The van der Waals surface area contributed by atoms with Crippen molar-refractivity contribution in [2.45, 2.75) is 13.1 Å². The van der Waals surface area contributed by atoms with E-state index in [4.69, 9.17) is 9.97 Å². The van der Waals surface area contributed by atoms with E-state index < -0.39 is 8.07 Å². The van der Waals surface area contributed by atoms with Crippen molar-refractivity contribution < 1.29 is 0 Å². The molecule has 0 radical (unpaired) electrons. The Bertz CT molecular complexity index is 2490. The Labute approximate surface area is 276 Å². The van der Waals surface area contributed by atoms with Gasteiger partial charge in [-0.2, -0.15) is 0 Å². The summed E-state index contributed by atoms with van der Waals surface area (Å²) in [5, 5.41) is 7.76. The van der Waals surface area contributed by atoms with Gasteiger partial charge in [0, 0.05) is 16.7 Å². The number of hydrogen-bond acceptors (Lipinski definition) is 2. The lowest BCUT2D eigenvalue weighted by Gasteiger charge is -2.23. The highest BCUT2D eigenvalue weighted by Crippen LogP contribution is 2.38. The van der Waals surface area contributed by atoms with Crippen LogP contribution in [0.5, 0.6) is 0 Å². The molecule has 7 aromatic carbocycles. The van der Waals surface area contributed by atoms with E-state index in [0.29, 0.717) is 0 Å². The van der Waals surface area contributed by atoms with Gasteiger partial charge in [-0.05, 0) is 66.3 Å². The molecule has 1 aromatic heterocycles. The van der Waals surface area contributed by atoms with Crippen molar-refractivity contribution in [2.75, 3.05) is 0 Å². The largest absolute Gasteiger partial charge is 0.228 e. The highest BCUT2D eigenvalue weighted by atomic mass is 28.3. The van der Waals surface area contributed by atoms with Gasteiger partial charge in [-0.3, -0.25) is 0 Å². The van der Waals surface area contributed by atoms with Crippen LogP contribution in [0.3, 0.4) is 0 Å². The fourth-order valence-corrected chi connectivity index (χ4v) is 11.2. The molecule has 1 aliphatic heterocycles. The van der Waals surface area contributed by atoms with Gasteiger partial charge in [0.15, 0.2) is 5.82 Å². The second-order valence-corrected chi connectivity index (χ2v) is 17.3. The third kappa shape index (κ3) is 4.46. The van der Waals surface area contributed by atoms with Crippen molar-refractivity contribution >= 4 is 40.0 Å². The summed E-state index contributed by atoms with van der Waals surface area (Å²) in [6.45, 7) is 4.95. The molecular weight excluding hydrogens is 585 g/mol. The topological polar surface area (TPSA) is 25.8 Å². The summed E-state index contributed by atoms with van der Waals surface area (Å²) in [4.78, 5) is 11.0. The van der Waals surface area contributed by atoms with Crippen LogP contribution in [-0.2, 0) is 0 Å². The Kier molecular flexibility index (Phi) is 6.31. The van der Waals surface area contributed by atoms with Gasteiger partial charge in [0.25, 0.3) is 0 Å². The molecule has 0 fully saturated rings. The number of benzene rings is 7. The highest BCUT2D eigenvalue weighted by Gasteiger charge is 2.43. The summed E-state index contributed by atoms with van der Waals surface area (Å²) in [5.41, 5.74) is 10.4. The molecule has 2 heterocycles. The molecule has 9 rings (SSSR count). The monoisotopic (exact) mass is 616 g/mol. The summed E-state index contributed by atoms with van der Waals surface area (Å²) >= 11 is 0. The fourth-order valence-electron chi connectivity index (χ4n) is 7.62. The number of hydrogen-bond donors (Lipinski definition) is 0. The molecule has 0 spiro atoms. The molecule has 8 aromatic rings. The van der Waals surface area contributed by atoms with Crippen LogP contribution in [0, 0.1) is 0 Å². The first kappa shape index (κ1) is 27.6. The Morgan fingerprint density at radius 3 is 1.68 bits per heavy atom. The minimum Gasteiger partial charge on any atom is -0.228 e. The van der Waals surface area contributed by atoms with E-state index in [0.717, 1.165) is 28.3 Å². The average molecular weight is 617 g/mol. The predicted molar refractivity (Wildman–Crippen MR) is 201 cm³/mol. The van der Waals surface area contributed by atoms with Crippen LogP contribution < -0.4 is 10.4 Å². The van der Waals surface area contributed by atoms with Gasteiger partial charge >= 0.3 is 0 Å². The molecule has 2 nitrogen and oxygen atoms in total. The van der Waals surface area contributed by atoms with Gasteiger partial charge in [0.05, 0.1) is 11.4 Å². The molecule has 0 unspecified atom stereocenters. The van der Waals surface area contributed by atoms with E-state index in [2.05, 4.69) is 171 Å². The maximum atomic E-state index is 5.52. The van der Waals surface area contributed by atoms with E-state index in [1.165, 1.54) is 59.7 Å². The number of fused-ring (bicyclic) bond motifs is 6. The van der Waals surface area contributed by atoms with Crippen LogP contribution in [-0.4, -0.2) is 18.0 Å². The molecule has 0 N–H and O–H groups in total. The molecule has 0 aliphatic carbocycles. The van der Waals surface area contributed by atoms with Gasteiger partial charge in [-0.25, -0.2) is 9.97 Å². The lowest BCUT2D eigenvalue weighted by atomic mass is 9.97. The Morgan fingerprint density at radius 2 is 0.915 bits per heavy atom. The first-order valence-corrected chi connectivity index (χ1v) is 19.3. The third-order valence-corrected chi connectivity index (χ3v) is 13.3. The standard InChI is InChI=1S/C44H32N2Si/c1-47(2)42-37-23-9-7-16-31(37)25-26-39(42)41-43(47)40(45-44(46-41)38-24-12-17-30-15-6-8-22-36(30)38)35-21-11-20-34(28-35)33-19-10-18-32(27-33)29-13-4-3-5-14-29/h3-28H,1-2H3. The number of nitrogens with zero attached hydrogens (tertiary/aromatic N) is 2. The minimum absolute atomic E-state index is 0.776. The lowest BCUT2D eigenvalue weighted by Crippen LogP contribution is -2.50. The zero-order chi connectivity index (χ0) is 31.5. The van der Waals surface area contributed by atoms with Crippen LogP contribution in [0.1, 0.15) is 0 Å². The molecule has 0 saturated heterocycles. The van der Waals surface area contributed by atoms with Crippen molar-refractivity contribution in [3.05, 3.63) is 158 Å². The summed E-state index contributed by atoms with van der Waals surface area (Å²) in [6, 6.07) is 56.7. The second-order valence-electron chi connectivity index (χ2n) is 13.0. The first-order chi connectivity index (χ1) is 23.1. The van der Waals surface area contributed by atoms with Crippen LogP contribution in [0.25, 0.3) is 77.7 Å². The molecule has 0 amide bonds. The van der Waals surface area contributed by atoms with Crippen molar-refractivity contribution in [3.63, 3.8) is 0 Å². The van der Waals surface area contributed by atoms with E-state index in [1.807, 2.05) is 0 Å². The second kappa shape index (κ2) is 10.7. The van der Waals surface area contributed by atoms with Crippen molar-refractivity contribution in [3.8, 4) is 56.2 Å². The van der Waals surface area contributed by atoms with Crippen LogP contribution in [0.15, 0.2) is 158 Å². The summed E-state index contributed by atoms with van der Waals surface area (Å²) in [6.07, 6.45) is 0. The van der Waals surface area contributed by atoms with Gasteiger partial charge in [-0.1, -0.05) is 159 Å². The Hall–Kier alpha value is -5.64. The fraction of sp³-hybridized carbons (Fsp3) is 0.0455. The average Bonchev–Trinajstić information content (AvgIpc) is 3.37. The molecule has 0 bridgehead atoms. The highest BCUT2D eigenvalue weighted by molar-refractivity contribution is 7.05. The molecule has 1 aliphatic rings. The third-order valence-electron chi connectivity index (χ3n) is 9.81. The van der Waals surface area contributed by atoms with Gasteiger partial charge in [0.1, 0.15) is 8.07 Å². The normalized spacial score (nSPS) is 13.1. The zero-order valence-electron chi connectivity index (χ0n) is 26.4. The maximum Gasteiger partial charge on any atom is 0.161 e. The van der Waals surface area contributed by atoms with E-state index >= 15 is 0 Å². The zero-order valence-corrected chi connectivity index (χ0v) is 27.4. The van der Waals surface area contributed by atoms with Crippen molar-refractivity contribution in [1.82, 2.24) is 9.97 Å². The lowest BCUT2D eigenvalue weighted by molar-refractivity contribution is 1.21. The molecule has 0 atom stereocenters. The predicted octanol–water partition coefficient (Wildman–Crippen LogP) is 10.3.